The van der Waals surface area contributed by atoms with Crippen LogP contribution in [0.4, 0.5) is 5.69 Å². The minimum atomic E-state index is -1.48. The Hall–Kier alpha value is -2.18. The van der Waals surface area contributed by atoms with Crippen molar-refractivity contribution in [3.8, 4) is 0 Å². The zero-order valence-electron chi connectivity index (χ0n) is 14.6. The third-order valence-corrected chi connectivity index (χ3v) is 4.77. The highest BCUT2D eigenvalue weighted by molar-refractivity contribution is 7.12. The maximum absolute atomic E-state index is 12.8. The second-order valence-corrected chi connectivity index (χ2v) is 6.87. The van der Waals surface area contributed by atoms with Crippen LogP contribution in [0.25, 0.3) is 0 Å². The fraction of sp³-hybridized carbons (Fsp3) is 0.368. The number of para-hydroxylation sites is 1. The summed E-state index contributed by atoms with van der Waals surface area (Å²) in [5.74, 6) is -0.880. The summed E-state index contributed by atoms with van der Waals surface area (Å²) < 4.78 is 0. The van der Waals surface area contributed by atoms with Crippen molar-refractivity contribution in [1.29, 1.82) is 0 Å². The average Bonchev–Trinajstić information content (AvgIpc) is 3.14. The van der Waals surface area contributed by atoms with E-state index in [2.05, 4.69) is 5.43 Å². The molecule has 2 N–H and O–H groups in total. The van der Waals surface area contributed by atoms with E-state index in [1.54, 1.807) is 36.4 Å². The maximum Gasteiger partial charge on any atom is 0.287 e. The van der Waals surface area contributed by atoms with Crippen molar-refractivity contribution in [2.45, 2.75) is 45.1 Å². The Balaban J connectivity index is 2.30. The van der Waals surface area contributed by atoms with Gasteiger partial charge in [-0.15, -0.1) is 11.3 Å². The van der Waals surface area contributed by atoms with Gasteiger partial charge in [0.05, 0.1) is 10.6 Å². The van der Waals surface area contributed by atoms with Gasteiger partial charge in [0, 0.05) is 0 Å². The molecule has 2 amide bonds. The standard InChI is InChI=1S/C19H24N2O3S/c1-3-12-19(24,13-4-2)18(23)20-21(15-9-6-5-7-10-15)17(22)16-11-8-14-25-16/h5-11,14,24H,3-4,12-13H2,1-2H3,(H,20,23). The number of rotatable bonds is 7. The van der Waals surface area contributed by atoms with E-state index in [4.69, 9.17) is 0 Å². The molecule has 0 spiro atoms. The molecule has 0 radical (unpaired) electrons. The van der Waals surface area contributed by atoms with Crippen LogP contribution in [0, 0.1) is 0 Å². The van der Waals surface area contributed by atoms with Crippen LogP contribution in [-0.2, 0) is 4.79 Å². The van der Waals surface area contributed by atoms with Gasteiger partial charge in [0.1, 0.15) is 5.60 Å². The first-order valence-corrected chi connectivity index (χ1v) is 9.36. The molecule has 0 atom stereocenters. The lowest BCUT2D eigenvalue weighted by molar-refractivity contribution is -0.141. The Labute approximate surface area is 152 Å². The van der Waals surface area contributed by atoms with E-state index < -0.39 is 11.5 Å². The number of hydrogen-bond donors (Lipinski definition) is 2. The molecular weight excluding hydrogens is 336 g/mol. The summed E-state index contributed by atoms with van der Waals surface area (Å²) in [4.78, 5) is 26.1. The monoisotopic (exact) mass is 360 g/mol. The van der Waals surface area contributed by atoms with E-state index in [0.717, 1.165) is 0 Å². The van der Waals surface area contributed by atoms with Crippen LogP contribution in [0.1, 0.15) is 49.2 Å². The Bertz CT molecular complexity index is 680. The lowest BCUT2D eigenvalue weighted by Gasteiger charge is -2.30. The predicted molar refractivity (Wildman–Crippen MR) is 100 cm³/mol. The number of carbonyl (C=O) groups excluding carboxylic acids is 2. The quantitative estimate of drug-likeness (QED) is 0.739. The molecule has 0 unspecified atom stereocenters. The zero-order valence-corrected chi connectivity index (χ0v) is 15.4. The Morgan fingerprint density at radius 3 is 2.24 bits per heavy atom. The number of nitrogens with zero attached hydrogens (tertiary/aromatic N) is 1. The summed E-state index contributed by atoms with van der Waals surface area (Å²) >= 11 is 1.30. The molecule has 0 bridgehead atoms. The molecule has 1 aromatic carbocycles. The van der Waals surface area contributed by atoms with E-state index >= 15 is 0 Å². The molecular formula is C19H24N2O3S. The fourth-order valence-corrected chi connectivity index (χ4v) is 3.36. The molecule has 6 heteroatoms. The third-order valence-electron chi connectivity index (χ3n) is 3.91. The molecule has 0 saturated heterocycles. The number of nitrogens with one attached hydrogen (secondary N) is 1. The summed E-state index contributed by atoms with van der Waals surface area (Å²) in [6, 6.07) is 12.4. The topological polar surface area (TPSA) is 69.6 Å². The average molecular weight is 360 g/mol. The van der Waals surface area contributed by atoms with Crippen LogP contribution in [0.5, 0.6) is 0 Å². The zero-order chi connectivity index (χ0) is 18.3. The largest absolute Gasteiger partial charge is 0.380 e. The van der Waals surface area contributed by atoms with Gasteiger partial charge in [-0.2, -0.15) is 0 Å². The lowest BCUT2D eigenvalue weighted by atomic mass is 9.92. The van der Waals surface area contributed by atoms with Gasteiger partial charge in [-0.25, -0.2) is 5.01 Å². The molecule has 2 aromatic rings. The number of amides is 2. The summed E-state index contributed by atoms with van der Waals surface area (Å²) in [5, 5.41) is 13.8. The van der Waals surface area contributed by atoms with Gasteiger partial charge < -0.3 is 5.11 Å². The van der Waals surface area contributed by atoms with Gasteiger partial charge in [-0.1, -0.05) is 51.0 Å². The molecule has 0 saturated carbocycles. The van der Waals surface area contributed by atoms with Crippen LogP contribution in [-0.4, -0.2) is 22.5 Å². The number of aliphatic hydroxyl groups is 1. The first kappa shape index (κ1) is 19.1. The molecule has 0 fully saturated rings. The summed E-state index contributed by atoms with van der Waals surface area (Å²) in [6.45, 7) is 3.83. The van der Waals surface area contributed by atoms with E-state index in [-0.39, 0.29) is 5.91 Å². The normalized spacial score (nSPS) is 11.2. The first-order chi connectivity index (χ1) is 12.0. The van der Waals surface area contributed by atoms with E-state index in [1.165, 1.54) is 16.3 Å². The Kier molecular flexibility index (Phi) is 6.73. The predicted octanol–water partition coefficient (Wildman–Crippen LogP) is 3.76. The molecule has 0 aliphatic carbocycles. The summed E-state index contributed by atoms with van der Waals surface area (Å²) in [7, 11) is 0. The second-order valence-electron chi connectivity index (χ2n) is 5.93. The van der Waals surface area contributed by atoms with Crippen LogP contribution in [0.3, 0.4) is 0 Å². The van der Waals surface area contributed by atoms with Crippen molar-refractivity contribution in [1.82, 2.24) is 5.43 Å². The fourth-order valence-electron chi connectivity index (χ4n) is 2.70. The van der Waals surface area contributed by atoms with Crippen molar-refractivity contribution in [3.05, 3.63) is 52.7 Å². The van der Waals surface area contributed by atoms with Crippen LogP contribution < -0.4 is 10.4 Å². The van der Waals surface area contributed by atoms with E-state index in [0.29, 0.717) is 36.2 Å². The molecule has 2 rings (SSSR count). The highest BCUT2D eigenvalue weighted by Crippen LogP contribution is 2.22. The van der Waals surface area contributed by atoms with Gasteiger partial charge in [0.25, 0.3) is 11.8 Å². The highest BCUT2D eigenvalue weighted by Gasteiger charge is 2.36. The molecule has 0 aliphatic rings. The van der Waals surface area contributed by atoms with Crippen LogP contribution in [0.15, 0.2) is 47.8 Å². The second kappa shape index (κ2) is 8.78. The third kappa shape index (κ3) is 4.67. The maximum atomic E-state index is 12.8. The SMILES string of the molecule is CCCC(O)(CCC)C(=O)NN(C(=O)c1cccs1)c1ccccc1. The Morgan fingerprint density at radius 2 is 1.72 bits per heavy atom. The number of benzene rings is 1. The minimum absolute atomic E-state index is 0.329. The van der Waals surface area contributed by atoms with E-state index in [1.807, 2.05) is 25.3 Å². The number of carbonyl (C=O) groups is 2. The molecule has 1 heterocycles. The minimum Gasteiger partial charge on any atom is -0.380 e. The van der Waals surface area contributed by atoms with Gasteiger partial charge in [-0.3, -0.25) is 15.0 Å². The molecule has 5 nitrogen and oxygen atoms in total. The van der Waals surface area contributed by atoms with Gasteiger partial charge in [0.15, 0.2) is 0 Å². The highest BCUT2D eigenvalue weighted by atomic mass is 32.1. The molecule has 134 valence electrons. The van der Waals surface area contributed by atoms with Gasteiger partial charge >= 0.3 is 0 Å². The van der Waals surface area contributed by atoms with Crippen molar-refractivity contribution >= 4 is 28.8 Å². The van der Waals surface area contributed by atoms with Crippen molar-refractivity contribution in [2.75, 3.05) is 5.01 Å². The van der Waals surface area contributed by atoms with Crippen molar-refractivity contribution in [3.63, 3.8) is 0 Å². The Morgan fingerprint density at radius 1 is 1.08 bits per heavy atom. The van der Waals surface area contributed by atoms with Crippen molar-refractivity contribution < 1.29 is 14.7 Å². The number of anilines is 1. The van der Waals surface area contributed by atoms with Gasteiger partial charge in [-0.05, 0) is 36.4 Å². The van der Waals surface area contributed by atoms with Crippen LogP contribution in [0.2, 0.25) is 0 Å². The van der Waals surface area contributed by atoms with E-state index in [9.17, 15) is 14.7 Å². The number of thiophene rings is 1. The first-order valence-electron chi connectivity index (χ1n) is 8.48. The van der Waals surface area contributed by atoms with Crippen LogP contribution >= 0.6 is 11.3 Å². The lowest BCUT2D eigenvalue weighted by Crippen LogP contribution is -2.55. The molecule has 1 aromatic heterocycles. The number of hydrazine groups is 1. The number of hydrogen-bond acceptors (Lipinski definition) is 4. The molecule has 0 aliphatic heterocycles. The molecule has 25 heavy (non-hydrogen) atoms. The summed E-state index contributed by atoms with van der Waals surface area (Å²) in [5.41, 5.74) is 1.70. The smallest absolute Gasteiger partial charge is 0.287 e. The van der Waals surface area contributed by atoms with Gasteiger partial charge in [0.2, 0.25) is 0 Å². The summed E-state index contributed by atoms with van der Waals surface area (Å²) in [6.07, 6.45) is 2.05. The van der Waals surface area contributed by atoms with Crippen molar-refractivity contribution in [2.24, 2.45) is 0 Å².